The number of aromatic amines is 1. The Hall–Kier alpha value is -3.08. The van der Waals surface area contributed by atoms with Gasteiger partial charge in [-0.05, 0) is 17.5 Å². The number of anilines is 1. The molecule has 0 unspecified atom stereocenters. The van der Waals surface area contributed by atoms with Crippen LogP contribution in [-0.2, 0) is 13.0 Å². The highest BCUT2D eigenvalue weighted by Crippen LogP contribution is 2.27. The SMILES string of the molecule is CCc1cccc2c(NCc3ccccc3)c(C(=O)O)c(=O)[nH]c12. The maximum absolute atomic E-state index is 12.3. The third-order valence-electron chi connectivity index (χ3n) is 4.04. The molecule has 1 aromatic heterocycles. The number of fused-ring (bicyclic) bond motifs is 1. The van der Waals surface area contributed by atoms with Gasteiger partial charge in [0, 0.05) is 11.9 Å². The van der Waals surface area contributed by atoms with Crippen molar-refractivity contribution in [1.29, 1.82) is 0 Å². The highest BCUT2D eigenvalue weighted by Gasteiger charge is 2.19. The van der Waals surface area contributed by atoms with Crippen LogP contribution >= 0.6 is 0 Å². The van der Waals surface area contributed by atoms with Crippen LogP contribution in [0.15, 0.2) is 53.3 Å². The van der Waals surface area contributed by atoms with Crippen LogP contribution < -0.4 is 10.9 Å². The van der Waals surface area contributed by atoms with E-state index in [0.717, 1.165) is 17.5 Å². The molecule has 3 N–H and O–H groups in total. The van der Waals surface area contributed by atoms with Crippen molar-refractivity contribution >= 4 is 22.6 Å². The lowest BCUT2D eigenvalue weighted by Gasteiger charge is -2.14. The molecule has 24 heavy (non-hydrogen) atoms. The van der Waals surface area contributed by atoms with E-state index in [0.29, 0.717) is 23.1 Å². The van der Waals surface area contributed by atoms with Gasteiger partial charge < -0.3 is 15.4 Å². The van der Waals surface area contributed by atoms with Crippen LogP contribution in [-0.4, -0.2) is 16.1 Å². The second-order valence-electron chi connectivity index (χ2n) is 5.54. The molecule has 122 valence electrons. The number of H-pyrrole nitrogens is 1. The zero-order valence-electron chi connectivity index (χ0n) is 13.3. The number of hydrogen-bond acceptors (Lipinski definition) is 3. The average Bonchev–Trinajstić information content (AvgIpc) is 2.59. The van der Waals surface area contributed by atoms with Gasteiger partial charge in [0.05, 0.1) is 11.2 Å². The summed E-state index contributed by atoms with van der Waals surface area (Å²) in [5.41, 5.74) is 2.18. The summed E-state index contributed by atoms with van der Waals surface area (Å²) in [5.74, 6) is -1.24. The van der Waals surface area contributed by atoms with Crippen LogP contribution in [0.2, 0.25) is 0 Å². The Morgan fingerprint density at radius 1 is 1.12 bits per heavy atom. The molecule has 0 amide bonds. The molecule has 0 bridgehead atoms. The summed E-state index contributed by atoms with van der Waals surface area (Å²) in [6.07, 6.45) is 0.748. The van der Waals surface area contributed by atoms with Crippen LogP contribution in [0.5, 0.6) is 0 Å². The van der Waals surface area contributed by atoms with Crippen molar-refractivity contribution in [1.82, 2.24) is 4.98 Å². The smallest absolute Gasteiger partial charge is 0.343 e. The number of para-hydroxylation sites is 1. The molecule has 5 nitrogen and oxygen atoms in total. The summed E-state index contributed by atoms with van der Waals surface area (Å²) in [5, 5.41) is 13.3. The molecule has 2 aromatic carbocycles. The fourth-order valence-corrected chi connectivity index (χ4v) is 2.85. The van der Waals surface area contributed by atoms with Crippen LogP contribution in [0.3, 0.4) is 0 Å². The van der Waals surface area contributed by atoms with Gasteiger partial charge >= 0.3 is 5.97 Å². The molecule has 3 aromatic rings. The predicted molar refractivity (Wildman–Crippen MR) is 94.7 cm³/mol. The van der Waals surface area contributed by atoms with Crippen molar-refractivity contribution in [3.63, 3.8) is 0 Å². The Balaban J connectivity index is 2.17. The molecule has 0 aliphatic heterocycles. The van der Waals surface area contributed by atoms with Crippen LogP contribution in [0.25, 0.3) is 10.9 Å². The summed E-state index contributed by atoms with van der Waals surface area (Å²) in [6, 6.07) is 15.3. The summed E-state index contributed by atoms with van der Waals surface area (Å²) < 4.78 is 0. The monoisotopic (exact) mass is 322 g/mol. The molecule has 0 aliphatic carbocycles. The number of carboxylic acid groups (broad SMARTS) is 1. The van der Waals surface area contributed by atoms with Gasteiger partial charge in [0.25, 0.3) is 5.56 Å². The van der Waals surface area contributed by atoms with Crippen LogP contribution in [0.4, 0.5) is 5.69 Å². The van der Waals surface area contributed by atoms with Crippen molar-refractivity contribution in [2.45, 2.75) is 19.9 Å². The Kier molecular flexibility index (Phi) is 4.33. The number of pyridine rings is 1. The van der Waals surface area contributed by atoms with Gasteiger partial charge in [0.1, 0.15) is 5.56 Å². The Morgan fingerprint density at radius 2 is 1.88 bits per heavy atom. The Morgan fingerprint density at radius 3 is 2.54 bits per heavy atom. The largest absolute Gasteiger partial charge is 0.477 e. The van der Waals surface area contributed by atoms with E-state index in [-0.39, 0.29) is 5.56 Å². The molecule has 0 fully saturated rings. The lowest BCUT2D eigenvalue weighted by Crippen LogP contribution is -2.21. The minimum Gasteiger partial charge on any atom is -0.477 e. The molecular weight excluding hydrogens is 304 g/mol. The van der Waals surface area contributed by atoms with Crippen molar-refractivity contribution in [3.05, 3.63) is 75.6 Å². The van der Waals surface area contributed by atoms with Crippen molar-refractivity contribution in [2.75, 3.05) is 5.32 Å². The normalized spacial score (nSPS) is 10.7. The van der Waals surface area contributed by atoms with Crippen molar-refractivity contribution < 1.29 is 9.90 Å². The minimum absolute atomic E-state index is 0.258. The molecule has 0 radical (unpaired) electrons. The van der Waals surface area contributed by atoms with E-state index in [1.807, 2.05) is 55.5 Å². The number of carbonyl (C=O) groups is 1. The lowest BCUT2D eigenvalue weighted by molar-refractivity contribution is 0.0696. The fourth-order valence-electron chi connectivity index (χ4n) is 2.85. The summed E-state index contributed by atoms with van der Waals surface area (Å²) >= 11 is 0. The number of rotatable bonds is 5. The highest BCUT2D eigenvalue weighted by atomic mass is 16.4. The minimum atomic E-state index is -1.24. The summed E-state index contributed by atoms with van der Waals surface area (Å²) in [4.78, 5) is 26.6. The molecular formula is C19H18N2O3. The molecule has 0 atom stereocenters. The first-order chi connectivity index (χ1) is 11.6. The van der Waals surface area contributed by atoms with Crippen LogP contribution in [0, 0.1) is 0 Å². The van der Waals surface area contributed by atoms with E-state index < -0.39 is 11.5 Å². The third-order valence-corrected chi connectivity index (χ3v) is 4.04. The zero-order valence-corrected chi connectivity index (χ0v) is 13.3. The van der Waals surface area contributed by atoms with Gasteiger partial charge in [-0.25, -0.2) is 4.79 Å². The van der Waals surface area contributed by atoms with Gasteiger partial charge in [-0.3, -0.25) is 4.79 Å². The highest BCUT2D eigenvalue weighted by molar-refractivity contribution is 6.04. The number of hydrogen-bond donors (Lipinski definition) is 3. The second kappa shape index (κ2) is 6.58. The standard InChI is InChI=1S/C19H18N2O3/c1-2-13-9-6-10-14-16(13)21-18(22)15(19(23)24)17(14)20-11-12-7-4-3-5-8-12/h3-10H,2,11H2,1H3,(H,23,24)(H2,20,21,22). The Labute approximate surface area is 139 Å². The fraction of sp³-hybridized carbons (Fsp3) is 0.158. The first kappa shape index (κ1) is 15.8. The molecule has 3 rings (SSSR count). The van der Waals surface area contributed by atoms with E-state index in [1.54, 1.807) is 0 Å². The molecule has 0 spiro atoms. The zero-order chi connectivity index (χ0) is 17.1. The van der Waals surface area contributed by atoms with E-state index in [1.165, 1.54) is 0 Å². The lowest BCUT2D eigenvalue weighted by atomic mass is 10.0. The molecule has 5 heteroatoms. The van der Waals surface area contributed by atoms with Gasteiger partial charge in [0.15, 0.2) is 0 Å². The number of benzene rings is 2. The molecule has 0 saturated carbocycles. The van der Waals surface area contributed by atoms with Gasteiger partial charge in [-0.1, -0.05) is 55.5 Å². The van der Waals surface area contributed by atoms with Crippen LogP contribution in [0.1, 0.15) is 28.4 Å². The number of aromatic carboxylic acids is 1. The predicted octanol–water partition coefficient (Wildman–Crippen LogP) is 3.40. The van der Waals surface area contributed by atoms with Gasteiger partial charge in [-0.15, -0.1) is 0 Å². The summed E-state index contributed by atoms with van der Waals surface area (Å²) in [6.45, 7) is 2.44. The maximum Gasteiger partial charge on any atom is 0.343 e. The van der Waals surface area contributed by atoms with E-state index in [4.69, 9.17) is 0 Å². The Bertz CT molecular complexity index is 946. The average molecular weight is 322 g/mol. The second-order valence-corrected chi connectivity index (χ2v) is 5.54. The number of aryl methyl sites for hydroxylation is 1. The molecule has 0 aliphatic rings. The van der Waals surface area contributed by atoms with E-state index in [9.17, 15) is 14.7 Å². The topological polar surface area (TPSA) is 82.2 Å². The maximum atomic E-state index is 12.3. The van der Waals surface area contributed by atoms with Gasteiger partial charge in [-0.2, -0.15) is 0 Å². The van der Waals surface area contributed by atoms with Crippen molar-refractivity contribution in [2.24, 2.45) is 0 Å². The molecule has 0 saturated heterocycles. The molecule has 1 heterocycles. The number of aromatic nitrogens is 1. The number of carboxylic acids is 1. The third kappa shape index (κ3) is 2.88. The summed E-state index contributed by atoms with van der Waals surface area (Å²) in [7, 11) is 0. The van der Waals surface area contributed by atoms with Crippen molar-refractivity contribution in [3.8, 4) is 0 Å². The van der Waals surface area contributed by atoms with Gasteiger partial charge in [0.2, 0.25) is 0 Å². The van der Waals surface area contributed by atoms with E-state index in [2.05, 4.69) is 10.3 Å². The number of nitrogens with one attached hydrogen (secondary N) is 2. The first-order valence-corrected chi connectivity index (χ1v) is 7.80. The van der Waals surface area contributed by atoms with E-state index >= 15 is 0 Å². The quantitative estimate of drug-likeness (QED) is 0.672. The first-order valence-electron chi connectivity index (χ1n) is 7.80.